The number of rotatable bonds is 9. The number of halogens is 2. The van der Waals surface area contributed by atoms with Gasteiger partial charge >= 0.3 is 0 Å². The Labute approximate surface area is 187 Å². The van der Waals surface area contributed by atoms with E-state index >= 15 is 0 Å². The molecule has 2 aromatic carbocycles. The lowest BCUT2D eigenvalue weighted by Gasteiger charge is -2.21. The molecule has 29 heavy (non-hydrogen) atoms. The van der Waals surface area contributed by atoms with Crippen molar-refractivity contribution < 1.29 is 9.53 Å². The van der Waals surface area contributed by atoms with Crippen molar-refractivity contribution in [1.29, 1.82) is 0 Å². The van der Waals surface area contributed by atoms with Gasteiger partial charge in [0, 0.05) is 35.9 Å². The number of hydrogen-bond acceptors (Lipinski definition) is 4. The zero-order chi connectivity index (χ0) is 21.2. The molecule has 8 heteroatoms. The van der Waals surface area contributed by atoms with Crippen molar-refractivity contribution in [2.75, 3.05) is 29.9 Å². The summed E-state index contributed by atoms with van der Waals surface area (Å²) in [7, 11) is 0. The number of amides is 1. The number of thiocarbonyl (C=S) groups is 1. The van der Waals surface area contributed by atoms with Crippen molar-refractivity contribution in [2.45, 2.75) is 26.7 Å². The van der Waals surface area contributed by atoms with Gasteiger partial charge in [0.15, 0.2) is 5.11 Å². The van der Waals surface area contributed by atoms with Crippen LogP contribution in [0.1, 0.15) is 26.7 Å². The smallest absolute Gasteiger partial charge is 0.226 e. The lowest BCUT2D eigenvalue weighted by Crippen LogP contribution is -2.34. The Kier molecular flexibility index (Phi) is 9.51. The molecule has 0 radical (unpaired) electrons. The highest BCUT2D eigenvalue weighted by molar-refractivity contribution is 7.80. The molecule has 0 atom stereocenters. The molecule has 0 aromatic heterocycles. The largest absolute Gasteiger partial charge is 0.492 e. The molecule has 5 nitrogen and oxygen atoms in total. The van der Waals surface area contributed by atoms with Crippen LogP contribution in [0, 0.1) is 0 Å². The Morgan fingerprint density at radius 1 is 1.10 bits per heavy atom. The van der Waals surface area contributed by atoms with E-state index in [9.17, 15) is 4.79 Å². The maximum atomic E-state index is 12.0. The van der Waals surface area contributed by atoms with Gasteiger partial charge in [0.1, 0.15) is 5.75 Å². The molecule has 0 heterocycles. The van der Waals surface area contributed by atoms with E-state index in [1.807, 2.05) is 24.3 Å². The fourth-order valence-corrected chi connectivity index (χ4v) is 3.40. The number of hydrogen-bond donors (Lipinski definition) is 2. The van der Waals surface area contributed by atoms with Gasteiger partial charge in [0.2, 0.25) is 5.91 Å². The van der Waals surface area contributed by atoms with Crippen LogP contribution in [0.15, 0.2) is 42.5 Å². The SMILES string of the molecule is CCN(CC)c1ccc(NC(=S)NC(=O)CCCOc2ccc(Cl)cc2Cl)cc1. The molecule has 0 bridgehead atoms. The van der Waals surface area contributed by atoms with Crippen molar-refractivity contribution in [3.8, 4) is 5.75 Å². The first-order valence-corrected chi connectivity index (χ1v) is 10.6. The Balaban J connectivity index is 1.71. The van der Waals surface area contributed by atoms with E-state index in [0.29, 0.717) is 28.8 Å². The van der Waals surface area contributed by atoms with Crippen LogP contribution in [-0.4, -0.2) is 30.7 Å². The third-order valence-electron chi connectivity index (χ3n) is 4.21. The van der Waals surface area contributed by atoms with E-state index in [1.54, 1.807) is 18.2 Å². The number of benzene rings is 2. The first-order chi connectivity index (χ1) is 13.9. The molecular formula is C21H25Cl2N3O2S. The predicted octanol–water partition coefficient (Wildman–Crippen LogP) is 5.51. The van der Waals surface area contributed by atoms with Crippen LogP contribution in [0.5, 0.6) is 5.75 Å². The van der Waals surface area contributed by atoms with Gasteiger partial charge in [-0.1, -0.05) is 23.2 Å². The second-order valence-corrected chi connectivity index (χ2v) is 7.50. The molecule has 0 unspecified atom stereocenters. The summed E-state index contributed by atoms with van der Waals surface area (Å²) in [6, 6.07) is 13.0. The van der Waals surface area contributed by atoms with Crippen molar-refractivity contribution in [2.24, 2.45) is 0 Å². The van der Waals surface area contributed by atoms with Gasteiger partial charge in [0.25, 0.3) is 0 Å². The minimum atomic E-state index is -0.173. The second kappa shape index (κ2) is 11.9. The summed E-state index contributed by atoms with van der Waals surface area (Å²) in [6.45, 7) is 6.50. The highest BCUT2D eigenvalue weighted by atomic mass is 35.5. The highest BCUT2D eigenvalue weighted by Gasteiger charge is 2.07. The Bertz CT molecular complexity index is 827. The van der Waals surface area contributed by atoms with Crippen molar-refractivity contribution in [3.63, 3.8) is 0 Å². The molecule has 0 fully saturated rings. The van der Waals surface area contributed by atoms with E-state index in [-0.39, 0.29) is 17.4 Å². The Hall–Kier alpha value is -2.02. The van der Waals surface area contributed by atoms with Gasteiger partial charge in [0.05, 0.1) is 11.6 Å². The van der Waals surface area contributed by atoms with E-state index < -0.39 is 0 Å². The van der Waals surface area contributed by atoms with Crippen LogP contribution in [0.2, 0.25) is 10.0 Å². The van der Waals surface area contributed by atoms with Gasteiger partial charge in [-0.2, -0.15) is 0 Å². The topological polar surface area (TPSA) is 53.6 Å². The van der Waals surface area contributed by atoms with Gasteiger partial charge in [-0.05, 0) is 75.0 Å². The number of anilines is 2. The summed E-state index contributed by atoms with van der Waals surface area (Å²) in [6.07, 6.45) is 0.819. The summed E-state index contributed by atoms with van der Waals surface area (Å²) < 4.78 is 5.57. The van der Waals surface area contributed by atoms with Crippen LogP contribution in [0.4, 0.5) is 11.4 Å². The Morgan fingerprint density at radius 3 is 2.41 bits per heavy atom. The van der Waals surface area contributed by atoms with Crippen molar-refractivity contribution >= 4 is 57.8 Å². The fourth-order valence-electron chi connectivity index (χ4n) is 2.70. The highest BCUT2D eigenvalue weighted by Crippen LogP contribution is 2.27. The molecule has 2 aromatic rings. The normalized spacial score (nSPS) is 10.3. The standard InChI is InChI=1S/C21H25Cl2N3O2S/c1-3-26(4-2)17-10-8-16(9-11-17)24-21(29)25-20(27)6-5-13-28-19-12-7-15(22)14-18(19)23/h7-12,14H,3-6,13H2,1-2H3,(H2,24,25,27,29). The Morgan fingerprint density at radius 2 is 1.79 bits per heavy atom. The fraction of sp³-hybridized carbons (Fsp3) is 0.333. The maximum absolute atomic E-state index is 12.0. The minimum absolute atomic E-state index is 0.173. The predicted molar refractivity (Wildman–Crippen MR) is 126 cm³/mol. The summed E-state index contributed by atoms with van der Waals surface area (Å²) in [5.74, 6) is 0.370. The van der Waals surface area contributed by atoms with E-state index in [4.69, 9.17) is 40.2 Å². The van der Waals surface area contributed by atoms with Crippen LogP contribution in [0.25, 0.3) is 0 Å². The lowest BCUT2D eigenvalue weighted by atomic mass is 10.2. The molecular weight excluding hydrogens is 429 g/mol. The summed E-state index contributed by atoms with van der Waals surface area (Å²) in [5.41, 5.74) is 1.98. The monoisotopic (exact) mass is 453 g/mol. The summed E-state index contributed by atoms with van der Waals surface area (Å²) >= 11 is 17.1. The number of nitrogens with zero attached hydrogens (tertiary/aromatic N) is 1. The molecule has 0 aliphatic carbocycles. The summed E-state index contributed by atoms with van der Waals surface area (Å²) in [4.78, 5) is 14.3. The maximum Gasteiger partial charge on any atom is 0.226 e. The molecule has 156 valence electrons. The molecule has 0 saturated carbocycles. The van der Waals surface area contributed by atoms with Gasteiger partial charge in [-0.3, -0.25) is 4.79 Å². The van der Waals surface area contributed by atoms with E-state index in [0.717, 1.165) is 24.5 Å². The zero-order valence-electron chi connectivity index (χ0n) is 16.5. The minimum Gasteiger partial charge on any atom is -0.492 e. The van der Waals surface area contributed by atoms with Crippen molar-refractivity contribution in [1.82, 2.24) is 5.32 Å². The van der Waals surface area contributed by atoms with Gasteiger partial charge < -0.3 is 20.3 Å². The number of carbonyl (C=O) groups is 1. The lowest BCUT2D eigenvalue weighted by molar-refractivity contribution is -0.119. The van der Waals surface area contributed by atoms with Gasteiger partial charge in [-0.25, -0.2) is 0 Å². The first kappa shape index (κ1) is 23.3. The van der Waals surface area contributed by atoms with Crippen molar-refractivity contribution in [3.05, 3.63) is 52.5 Å². The number of ether oxygens (including phenoxy) is 1. The third-order valence-corrected chi connectivity index (χ3v) is 4.94. The van der Waals surface area contributed by atoms with Crippen LogP contribution in [-0.2, 0) is 4.79 Å². The molecule has 2 rings (SSSR count). The van der Waals surface area contributed by atoms with E-state index in [1.165, 1.54) is 0 Å². The molecule has 0 saturated heterocycles. The molecule has 1 amide bonds. The zero-order valence-corrected chi connectivity index (χ0v) is 18.8. The molecule has 2 N–H and O–H groups in total. The first-order valence-electron chi connectivity index (χ1n) is 9.46. The molecule has 0 aliphatic heterocycles. The van der Waals surface area contributed by atoms with Crippen LogP contribution < -0.4 is 20.3 Å². The van der Waals surface area contributed by atoms with Crippen LogP contribution >= 0.6 is 35.4 Å². The van der Waals surface area contributed by atoms with E-state index in [2.05, 4.69) is 29.4 Å². The summed E-state index contributed by atoms with van der Waals surface area (Å²) in [5, 5.41) is 6.96. The molecule has 0 aliphatic rings. The average molecular weight is 454 g/mol. The van der Waals surface area contributed by atoms with Crippen LogP contribution in [0.3, 0.4) is 0 Å². The second-order valence-electron chi connectivity index (χ2n) is 6.25. The van der Waals surface area contributed by atoms with Gasteiger partial charge in [-0.15, -0.1) is 0 Å². The number of carbonyl (C=O) groups excluding carboxylic acids is 1. The third kappa shape index (κ3) is 7.72. The average Bonchev–Trinajstić information content (AvgIpc) is 2.68. The molecule has 0 spiro atoms. The number of nitrogens with one attached hydrogen (secondary N) is 2. The quantitative estimate of drug-likeness (QED) is 0.387.